The van der Waals surface area contributed by atoms with Crippen molar-refractivity contribution in [2.75, 3.05) is 19.6 Å². The van der Waals surface area contributed by atoms with E-state index in [2.05, 4.69) is 28.4 Å². The van der Waals surface area contributed by atoms with Gasteiger partial charge in [0.05, 0.1) is 11.8 Å². The number of thioether (sulfide) groups is 1. The van der Waals surface area contributed by atoms with Crippen LogP contribution in [0.15, 0.2) is 52.1 Å². The molecule has 1 aliphatic carbocycles. The fourth-order valence-electron chi connectivity index (χ4n) is 3.94. The van der Waals surface area contributed by atoms with E-state index in [0.29, 0.717) is 22.6 Å². The van der Waals surface area contributed by atoms with Crippen LogP contribution in [0.5, 0.6) is 11.5 Å². The summed E-state index contributed by atoms with van der Waals surface area (Å²) in [4.78, 5) is 14.7. The first-order valence-corrected chi connectivity index (χ1v) is 10.9. The highest BCUT2D eigenvalue weighted by atomic mass is 32.2. The van der Waals surface area contributed by atoms with Crippen molar-refractivity contribution < 1.29 is 18.7 Å². The summed E-state index contributed by atoms with van der Waals surface area (Å²) in [5.41, 5.74) is 3.35. The van der Waals surface area contributed by atoms with Crippen LogP contribution in [0.3, 0.4) is 0 Å². The van der Waals surface area contributed by atoms with Crippen molar-refractivity contribution in [2.24, 2.45) is 0 Å². The summed E-state index contributed by atoms with van der Waals surface area (Å²) in [6, 6.07) is 14.0. The first kappa shape index (κ1) is 19.0. The lowest BCUT2D eigenvalue weighted by molar-refractivity contribution is -0.129. The Morgan fingerprint density at radius 3 is 2.97 bits per heavy atom. The minimum absolute atomic E-state index is 0.0459. The minimum Gasteiger partial charge on any atom is -0.454 e. The maximum atomic E-state index is 12.8. The summed E-state index contributed by atoms with van der Waals surface area (Å²) in [6.45, 7) is 0.213. The Morgan fingerprint density at radius 2 is 2.03 bits per heavy atom. The molecular weight excluding hydrogens is 402 g/mol. The standard InChI is InChI=1S/C22H21N3O4S/c1-25(17-8-4-6-14-5-2-3-7-16(14)17)20(26)12-30-22-24-23-21(29-22)15-9-10-18-19(11-15)28-13-27-18/h2-3,5,7,9-11,17H,4,6,8,12-13H2,1H3/t17-/m1/s1. The van der Waals surface area contributed by atoms with E-state index in [1.165, 1.54) is 22.9 Å². The zero-order chi connectivity index (χ0) is 20.5. The maximum Gasteiger partial charge on any atom is 0.277 e. The number of benzene rings is 2. The zero-order valence-electron chi connectivity index (χ0n) is 16.5. The quantitative estimate of drug-likeness (QED) is 0.572. The van der Waals surface area contributed by atoms with Crippen LogP contribution < -0.4 is 9.47 Å². The molecular formula is C22H21N3O4S. The monoisotopic (exact) mass is 423 g/mol. The molecule has 2 heterocycles. The van der Waals surface area contributed by atoms with Gasteiger partial charge < -0.3 is 18.8 Å². The predicted molar refractivity (Wildman–Crippen MR) is 111 cm³/mol. The van der Waals surface area contributed by atoms with Crippen molar-refractivity contribution in [1.29, 1.82) is 0 Å². The molecule has 0 saturated carbocycles. The van der Waals surface area contributed by atoms with Gasteiger partial charge in [-0.05, 0) is 48.6 Å². The van der Waals surface area contributed by atoms with Crippen LogP contribution in [-0.4, -0.2) is 40.6 Å². The van der Waals surface area contributed by atoms with Crippen molar-refractivity contribution in [2.45, 2.75) is 30.5 Å². The van der Waals surface area contributed by atoms with Crippen molar-refractivity contribution >= 4 is 17.7 Å². The lowest BCUT2D eigenvalue weighted by atomic mass is 9.87. The molecule has 154 valence electrons. The molecule has 0 radical (unpaired) electrons. The third-order valence-electron chi connectivity index (χ3n) is 5.54. The molecule has 0 unspecified atom stereocenters. The highest BCUT2D eigenvalue weighted by molar-refractivity contribution is 7.99. The average molecular weight is 423 g/mol. The Bertz CT molecular complexity index is 1080. The molecule has 0 bridgehead atoms. The Kier molecular flexibility index (Phi) is 5.08. The van der Waals surface area contributed by atoms with Gasteiger partial charge in [0.2, 0.25) is 18.6 Å². The Morgan fingerprint density at radius 1 is 1.17 bits per heavy atom. The Labute approximate surface area is 178 Å². The fourth-order valence-corrected chi connectivity index (χ4v) is 4.63. The lowest BCUT2D eigenvalue weighted by Gasteiger charge is -2.33. The molecule has 0 N–H and O–H groups in total. The number of aryl methyl sites for hydroxylation is 1. The first-order chi connectivity index (χ1) is 14.7. The first-order valence-electron chi connectivity index (χ1n) is 9.89. The maximum absolute atomic E-state index is 12.8. The van der Waals surface area contributed by atoms with Gasteiger partial charge >= 0.3 is 0 Å². The summed E-state index contributed by atoms with van der Waals surface area (Å²) in [5, 5.41) is 8.53. The SMILES string of the molecule is CN(C(=O)CSc1nnc(-c2ccc3c(c2)OCO3)o1)[C@@H]1CCCc2ccccc21. The lowest BCUT2D eigenvalue weighted by Crippen LogP contribution is -2.34. The largest absolute Gasteiger partial charge is 0.454 e. The van der Waals surface area contributed by atoms with Gasteiger partial charge in [-0.15, -0.1) is 10.2 Å². The molecule has 2 aliphatic rings. The van der Waals surface area contributed by atoms with Crippen LogP contribution in [-0.2, 0) is 11.2 Å². The molecule has 1 atom stereocenters. The van der Waals surface area contributed by atoms with Gasteiger partial charge in [0.1, 0.15) is 0 Å². The molecule has 2 aromatic carbocycles. The second-order valence-corrected chi connectivity index (χ2v) is 8.27. The number of ether oxygens (including phenoxy) is 2. The van der Waals surface area contributed by atoms with Crippen LogP contribution in [0.25, 0.3) is 11.5 Å². The number of amides is 1. The smallest absolute Gasteiger partial charge is 0.277 e. The van der Waals surface area contributed by atoms with E-state index in [0.717, 1.165) is 24.8 Å². The van der Waals surface area contributed by atoms with E-state index in [1.54, 1.807) is 0 Å². The van der Waals surface area contributed by atoms with Crippen LogP contribution in [0.4, 0.5) is 0 Å². The summed E-state index contributed by atoms with van der Waals surface area (Å²) in [6.07, 6.45) is 3.15. The summed E-state index contributed by atoms with van der Waals surface area (Å²) in [7, 11) is 1.88. The highest BCUT2D eigenvalue weighted by Crippen LogP contribution is 2.36. The van der Waals surface area contributed by atoms with Crippen LogP contribution in [0.1, 0.15) is 30.0 Å². The van der Waals surface area contributed by atoms with Crippen molar-refractivity contribution in [3.8, 4) is 23.0 Å². The normalized spacial score (nSPS) is 16.9. The third-order valence-corrected chi connectivity index (χ3v) is 6.35. The van der Waals surface area contributed by atoms with Crippen molar-refractivity contribution in [1.82, 2.24) is 15.1 Å². The number of rotatable bonds is 5. The number of aromatic nitrogens is 2. The molecule has 1 aliphatic heterocycles. The molecule has 1 amide bonds. The summed E-state index contributed by atoms with van der Waals surface area (Å²) < 4.78 is 16.4. The Hall–Kier alpha value is -3.00. The summed E-state index contributed by atoms with van der Waals surface area (Å²) in [5.74, 6) is 2.04. The molecule has 7 nitrogen and oxygen atoms in total. The molecule has 3 aromatic rings. The van der Waals surface area contributed by atoms with Gasteiger partial charge in [0, 0.05) is 12.6 Å². The number of nitrogens with zero attached hydrogens (tertiary/aromatic N) is 3. The van der Waals surface area contributed by atoms with E-state index in [-0.39, 0.29) is 24.5 Å². The van der Waals surface area contributed by atoms with Gasteiger partial charge in [0.25, 0.3) is 5.22 Å². The Balaban J connectivity index is 1.23. The summed E-state index contributed by atoms with van der Waals surface area (Å²) >= 11 is 1.26. The van der Waals surface area contributed by atoms with Crippen molar-refractivity contribution in [3.63, 3.8) is 0 Å². The number of carbonyl (C=O) groups is 1. The van der Waals surface area contributed by atoms with Gasteiger partial charge in [-0.1, -0.05) is 36.0 Å². The molecule has 30 heavy (non-hydrogen) atoms. The number of hydrogen-bond donors (Lipinski definition) is 0. The van der Waals surface area contributed by atoms with Gasteiger partial charge in [0.15, 0.2) is 11.5 Å². The number of hydrogen-bond acceptors (Lipinski definition) is 7. The van der Waals surface area contributed by atoms with Crippen LogP contribution >= 0.6 is 11.8 Å². The van der Waals surface area contributed by atoms with Gasteiger partial charge in [-0.2, -0.15) is 0 Å². The molecule has 0 spiro atoms. The van der Waals surface area contributed by atoms with E-state index < -0.39 is 0 Å². The van der Waals surface area contributed by atoms with Crippen LogP contribution in [0.2, 0.25) is 0 Å². The molecule has 0 saturated heterocycles. The number of carbonyl (C=O) groups excluding carboxylic acids is 1. The van der Waals surface area contributed by atoms with Crippen LogP contribution in [0, 0.1) is 0 Å². The second-order valence-electron chi connectivity index (χ2n) is 7.34. The van der Waals surface area contributed by atoms with E-state index in [4.69, 9.17) is 13.9 Å². The fraction of sp³-hybridized carbons (Fsp3) is 0.318. The average Bonchev–Trinajstić information content (AvgIpc) is 3.45. The minimum atomic E-state index is 0.0459. The molecule has 0 fully saturated rings. The van der Waals surface area contributed by atoms with E-state index >= 15 is 0 Å². The highest BCUT2D eigenvalue weighted by Gasteiger charge is 2.27. The molecule has 8 heteroatoms. The topological polar surface area (TPSA) is 77.7 Å². The van der Waals surface area contributed by atoms with E-state index in [9.17, 15) is 4.79 Å². The number of fused-ring (bicyclic) bond motifs is 2. The molecule has 5 rings (SSSR count). The molecule has 1 aromatic heterocycles. The third kappa shape index (κ3) is 3.63. The van der Waals surface area contributed by atoms with Gasteiger partial charge in [-0.3, -0.25) is 4.79 Å². The second kappa shape index (κ2) is 8.02. The predicted octanol–water partition coefficient (Wildman–Crippen LogP) is 4.09. The van der Waals surface area contributed by atoms with Crippen molar-refractivity contribution in [3.05, 3.63) is 53.6 Å². The van der Waals surface area contributed by atoms with E-state index in [1.807, 2.05) is 36.2 Å². The zero-order valence-corrected chi connectivity index (χ0v) is 17.4. The van der Waals surface area contributed by atoms with Gasteiger partial charge in [-0.25, -0.2) is 0 Å².